The van der Waals surface area contributed by atoms with Gasteiger partial charge < -0.3 is 15.2 Å². The van der Waals surface area contributed by atoms with Gasteiger partial charge in [0.05, 0.1) is 17.6 Å². The predicted molar refractivity (Wildman–Crippen MR) is 134 cm³/mol. The van der Waals surface area contributed by atoms with Crippen LogP contribution < -0.4 is 10.1 Å². The number of carboxylic acids is 1. The minimum Gasteiger partial charge on any atom is -0.489 e. The van der Waals surface area contributed by atoms with E-state index in [9.17, 15) is 23.6 Å². The van der Waals surface area contributed by atoms with Crippen LogP contribution in [-0.2, 0) is 14.8 Å². The Balaban J connectivity index is 1.54. The highest BCUT2D eigenvalue weighted by Gasteiger charge is 2.40. The molecule has 1 aromatic carbocycles. The molecule has 0 radical (unpaired) electrons. The second-order valence-corrected chi connectivity index (χ2v) is 12.3. The number of unbranched alkanes of at least 4 members (excludes halogenated alkanes) is 1. The van der Waals surface area contributed by atoms with Gasteiger partial charge in [0.1, 0.15) is 16.7 Å². The Morgan fingerprint density at radius 1 is 1.34 bits per heavy atom. The van der Waals surface area contributed by atoms with Crippen LogP contribution in [0.4, 0.5) is 0 Å². The molecule has 1 saturated heterocycles. The molecule has 0 spiro atoms. The minimum absolute atomic E-state index is 0.0302. The first-order valence-corrected chi connectivity index (χ1v) is 14.2. The number of carboxylic acid groups (broad SMARTS) is 1. The lowest BCUT2D eigenvalue weighted by atomic mass is 9.74. The summed E-state index contributed by atoms with van der Waals surface area (Å²) < 4.78 is 33.9. The molecule has 1 saturated carbocycles. The second kappa shape index (κ2) is 11.7. The SMILES string of the molecule is Cc1ccc(S(=O)(=O)N2CCC[C@H]2C(=O)O)c(O[C@H](C)CCCCN[C@@H]2CCC[C@@](C)(C#N)C2)c1. The normalized spacial score (nSPS) is 26.2. The van der Waals surface area contributed by atoms with Gasteiger partial charge in [0.25, 0.3) is 0 Å². The smallest absolute Gasteiger partial charge is 0.322 e. The maximum absolute atomic E-state index is 13.3. The molecule has 1 aromatic rings. The van der Waals surface area contributed by atoms with Crippen molar-refractivity contribution in [3.8, 4) is 11.8 Å². The van der Waals surface area contributed by atoms with Crippen molar-refractivity contribution in [2.24, 2.45) is 5.41 Å². The zero-order chi connectivity index (χ0) is 25.6. The van der Waals surface area contributed by atoms with E-state index in [0.717, 1.165) is 61.4 Å². The Labute approximate surface area is 209 Å². The average molecular weight is 506 g/mol. The third-order valence-electron chi connectivity index (χ3n) is 7.22. The maximum Gasteiger partial charge on any atom is 0.322 e. The molecule has 1 aliphatic heterocycles. The fraction of sp³-hybridized carbons (Fsp3) is 0.692. The molecule has 0 aromatic heterocycles. The molecule has 2 fully saturated rings. The fourth-order valence-corrected chi connectivity index (χ4v) is 6.98. The Bertz CT molecular complexity index is 1040. The maximum atomic E-state index is 13.3. The van der Waals surface area contributed by atoms with Crippen LogP contribution in [0.2, 0.25) is 0 Å². The highest BCUT2D eigenvalue weighted by Crippen LogP contribution is 2.35. The van der Waals surface area contributed by atoms with Gasteiger partial charge in [-0.15, -0.1) is 0 Å². The van der Waals surface area contributed by atoms with Crippen LogP contribution in [-0.4, -0.2) is 55.1 Å². The van der Waals surface area contributed by atoms with Crippen molar-refractivity contribution in [3.63, 3.8) is 0 Å². The number of nitrogens with zero attached hydrogens (tertiary/aromatic N) is 2. The molecule has 8 nitrogen and oxygen atoms in total. The molecule has 0 unspecified atom stereocenters. The highest BCUT2D eigenvalue weighted by molar-refractivity contribution is 7.89. The summed E-state index contributed by atoms with van der Waals surface area (Å²) in [4.78, 5) is 11.6. The van der Waals surface area contributed by atoms with Crippen LogP contribution in [0.5, 0.6) is 5.75 Å². The Hall–Kier alpha value is -2.15. The van der Waals surface area contributed by atoms with Crippen molar-refractivity contribution in [3.05, 3.63) is 23.8 Å². The standard InChI is InChI=1S/C26H39N3O5S/c1-19-11-12-24(35(32,33)29-15-7-10-22(29)25(30)31)23(16-19)34-20(2)8-4-5-14-28-21-9-6-13-26(3,17-21)18-27/h11-12,16,20-22,28H,4-10,13-15,17H2,1-3H3,(H,30,31)/t20-,21-,22+,26-/m1/s1. The van der Waals surface area contributed by atoms with Gasteiger partial charge in [0.2, 0.25) is 10.0 Å². The average Bonchev–Trinajstić information content (AvgIpc) is 3.30. The second-order valence-electron chi connectivity index (χ2n) is 10.4. The largest absolute Gasteiger partial charge is 0.489 e. The zero-order valence-corrected chi connectivity index (χ0v) is 21.9. The number of carbonyl (C=O) groups is 1. The molecular formula is C26H39N3O5S. The molecule has 2 aliphatic rings. The third kappa shape index (κ3) is 6.96. The van der Waals surface area contributed by atoms with E-state index in [1.54, 1.807) is 12.1 Å². The van der Waals surface area contributed by atoms with Crippen LogP contribution in [0, 0.1) is 23.7 Å². The number of sulfonamides is 1. The number of hydrogen-bond acceptors (Lipinski definition) is 6. The van der Waals surface area contributed by atoms with Crippen LogP contribution in [0.25, 0.3) is 0 Å². The number of rotatable bonds is 11. The lowest BCUT2D eigenvalue weighted by Crippen LogP contribution is -2.40. The summed E-state index contributed by atoms with van der Waals surface area (Å²) in [5.41, 5.74) is 0.660. The number of hydrogen-bond donors (Lipinski definition) is 2. The van der Waals surface area contributed by atoms with Crippen molar-refractivity contribution >= 4 is 16.0 Å². The van der Waals surface area contributed by atoms with Gasteiger partial charge in [-0.3, -0.25) is 4.79 Å². The topological polar surface area (TPSA) is 120 Å². The lowest BCUT2D eigenvalue weighted by molar-refractivity contribution is -0.140. The first kappa shape index (κ1) is 27.4. The van der Waals surface area contributed by atoms with Crippen LogP contribution in [0.1, 0.15) is 77.2 Å². The molecule has 4 atom stereocenters. The number of aliphatic carboxylic acids is 1. The van der Waals surface area contributed by atoms with E-state index < -0.39 is 22.0 Å². The Morgan fingerprint density at radius 2 is 2.11 bits per heavy atom. The number of benzene rings is 1. The molecule has 0 amide bonds. The van der Waals surface area contributed by atoms with E-state index in [1.165, 1.54) is 6.07 Å². The number of ether oxygens (including phenoxy) is 1. The van der Waals surface area contributed by atoms with E-state index in [1.807, 2.05) is 20.8 Å². The molecule has 1 aliphatic carbocycles. The minimum atomic E-state index is -3.98. The summed E-state index contributed by atoms with van der Waals surface area (Å²) >= 11 is 0. The van der Waals surface area contributed by atoms with Gasteiger partial charge in [-0.25, -0.2) is 8.42 Å². The number of nitriles is 1. The van der Waals surface area contributed by atoms with Gasteiger partial charge in [-0.05, 0) is 96.4 Å². The van der Waals surface area contributed by atoms with Gasteiger partial charge >= 0.3 is 5.97 Å². The van der Waals surface area contributed by atoms with Crippen molar-refractivity contribution in [1.29, 1.82) is 5.26 Å². The van der Waals surface area contributed by atoms with Crippen molar-refractivity contribution in [2.45, 2.75) is 102 Å². The van der Waals surface area contributed by atoms with E-state index in [4.69, 9.17) is 4.74 Å². The number of aryl methyl sites for hydroxylation is 1. The van der Waals surface area contributed by atoms with E-state index in [2.05, 4.69) is 11.4 Å². The monoisotopic (exact) mass is 505 g/mol. The summed E-state index contributed by atoms with van der Waals surface area (Å²) in [6, 6.07) is 6.77. The molecular weight excluding hydrogens is 466 g/mol. The molecule has 194 valence electrons. The third-order valence-corrected chi connectivity index (χ3v) is 9.17. The summed E-state index contributed by atoms with van der Waals surface area (Å²) in [6.45, 7) is 6.93. The first-order valence-electron chi connectivity index (χ1n) is 12.7. The van der Waals surface area contributed by atoms with Crippen LogP contribution in [0.3, 0.4) is 0 Å². The first-order chi connectivity index (χ1) is 16.6. The van der Waals surface area contributed by atoms with E-state index >= 15 is 0 Å². The van der Waals surface area contributed by atoms with E-state index in [0.29, 0.717) is 18.9 Å². The Morgan fingerprint density at radius 3 is 2.83 bits per heavy atom. The van der Waals surface area contributed by atoms with Gasteiger partial charge in [0.15, 0.2) is 0 Å². The molecule has 0 bridgehead atoms. The highest BCUT2D eigenvalue weighted by atomic mass is 32.2. The summed E-state index contributed by atoms with van der Waals surface area (Å²) in [5.74, 6) is -0.835. The summed E-state index contributed by atoms with van der Waals surface area (Å²) in [5, 5.41) is 22.4. The summed E-state index contributed by atoms with van der Waals surface area (Å²) in [6.07, 6.45) is 7.40. The molecule has 3 rings (SSSR count). The summed E-state index contributed by atoms with van der Waals surface area (Å²) in [7, 11) is -3.98. The van der Waals surface area contributed by atoms with Crippen LogP contribution in [0.15, 0.2) is 23.1 Å². The van der Waals surface area contributed by atoms with E-state index in [-0.39, 0.29) is 28.7 Å². The molecule has 2 N–H and O–H groups in total. The lowest BCUT2D eigenvalue weighted by Gasteiger charge is -2.33. The molecule has 9 heteroatoms. The van der Waals surface area contributed by atoms with Crippen LogP contribution >= 0.6 is 0 Å². The quantitative estimate of drug-likeness (QED) is 0.432. The zero-order valence-electron chi connectivity index (χ0n) is 21.1. The fourth-order valence-electron chi connectivity index (χ4n) is 5.22. The molecule has 1 heterocycles. The van der Waals surface area contributed by atoms with Crippen molar-refractivity contribution < 1.29 is 23.1 Å². The van der Waals surface area contributed by atoms with Crippen molar-refractivity contribution in [1.82, 2.24) is 9.62 Å². The molecule has 35 heavy (non-hydrogen) atoms. The van der Waals surface area contributed by atoms with Gasteiger partial charge in [0, 0.05) is 12.6 Å². The van der Waals surface area contributed by atoms with Gasteiger partial charge in [-0.1, -0.05) is 12.5 Å². The predicted octanol–water partition coefficient (Wildman–Crippen LogP) is 4.23. The van der Waals surface area contributed by atoms with Crippen molar-refractivity contribution in [2.75, 3.05) is 13.1 Å². The van der Waals surface area contributed by atoms with Gasteiger partial charge in [-0.2, -0.15) is 9.57 Å². The Kier molecular flexibility index (Phi) is 9.19. The number of nitrogens with one attached hydrogen (secondary N) is 1.